The lowest BCUT2D eigenvalue weighted by molar-refractivity contribution is 0.492. The predicted octanol–water partition coefficient (Wildman–Crippen LogP) is 3.62. The first kappa shape index (κ1) is 10.3. The second kappa shape index (κ2) is 4.52. The summed E-state index contributed by atoms with van der Waals surface area (Å²) in [5.74, 6) is 0. The van der Waals surface area contributed by atoms with Gasteiger partial charge in [-0.1, -0.05) is 30.4 Å². The molecule has 0 spiro atoms. The van der Waals surface area contributed by atoms with Crippen molar-refractivity contribution in [2.24, 2.45) is 0 Å². The van der Waals surface area contributed by atoms with Crippen LogP contribution in [0, 0.1) is 0 Å². The van der Waals surface area contributed by atoms with E-state index in [1.54, 1.807) is 0 Å². The molecule has 1 nitrogen and oxygen atoms in total. The monoisotopic (exact) mass is 201 g/mol. The summed E-state index contributed by atoms with van der Waals surface area (Å²) in [5, 5.41) is 0. The van der Waals surface area contributed by atoms with E-state index in [0.717, 1.165) is 0 Å². The lowest BCUT2D eigenvalue weighted by Crippen LogP contribution is -2.33. The lowest BCUT2D eigenvalue weighted by atomic mass is 9.91. The minimum atomic E-state index is 0.692. The van der Waals surface area contributed by atoms with Crippen LogP contribution in [-0.4, -0.2) is 13.1 Å². The molecule has 0 radical (unpaired) electrons. The molecule has 80 valence electrons. The number of para-hydroxylation sites is 1. The van der Waals surface area contributed by atoms with Crippen molar-refractivity contribution < 1.29 is 0 Å². The Morgan fingerprint density at radius 2 is 1.73 bits per heavy atom. The van der Waals surface area contributed by atoms with Gasteiger partial charge in [-0.15, -0.1) is 0 Å². The molecule has 0 heterocycles. The van der Waals surface area contributed by atoms with Crippen LogP contribution in [0.25, 0.3) is 0 Å². The molecule has 1 fully saturated rings. The normalized spacial score (nSPS) is 17.8. The molecule has 1 aromatic rings. The molecule has 0 atom stereocenters. The highest BCUT2D eigenvalue weighted by atomic mass is 15.1. The summed E-state index contributed by atoms with van der Waals surface area (Å²) in [5.41, 5.74) is 2.75. The third-order valence-electron chi connectivity index (χ3n) is 3.37. The molecule has 1 aliphatic rings. The number of hydrogen-bond donors (Lipinski definition) is 0. The first-order valence-corrected chi connectivity index (χ1v) is 5.72. The van der Waals surface area contributed by atoms with E-state index >= 15 is 0 Å². The molecule has 1 aromatic carbocycles. The van der Waals surface area contributed by atoms with Crippen molar-refractivity contribution in [3.63, 3.8) is 0 Å². The average molecular weight is 201 g/mol. The number of benzene rings is 1. The van der Waals surface area contributed by atoms with Gasteiger partial charge in [0.15, 0.2) is 0 Å². The number of nitrogens with zero attached hydrogens (tertiary/aromatic N) is 1. The second-order valence-corrected chi connectivity index (χ2v) is 4.43. The molecule has 1 saturated carbocycles. The van der Waals surface area contributed by atoms with Crippen LogP contribution in [-0.2, 0) is 0 Å². The predicted molar refractivity (Wildman–Crippen MR) is 66.2 cm³/mol. The van der Waals surface area contributed by atoms with Crippen molar-refractivity contribution in [1.82, 2.24) is 0 Å². The molecule has 15 heavy (non-hydrogen) atoms. The van der Waals surface area contributed by atoms with Crippen LogP contribution in [0.1, 0.15) is 25.7 Å². The zero-order valence-electron chi connectivity index (χ0n) is 9.45. The first-order valence-electron chi connectivity index (χ1n) is 5.72. The van der Waals surface area contributed by atoms with E-state index in [1.165, 1.54) is 36.9 Å². The molecule has 1 heteroatoms. The summed E-state index contributed by atoms with van der Waals surface area (Å²) in [6.07, 6.45) is 4.90. The van der Waals surface area contributed by atoms with Crippen molar-refractivity contribution in [2.45, 2.75) is 31.7 Å². The van der Waals surface area contributed by atoms with Crippen molar-refractivity contribution in [3.8, 4) is 0 Å². The molecule has 0 unspecified atom stereocenters. The first-order chi connectivity index (χ1) is 7.27. The Bertz CT molecular complexity index is 318. The van der Waals surface area contributed by atoms with Crippen LogP contribution < -0.4 is 4.90 Å². The molecule has 0 saturated heterocycles. The fraction of sp³-hybridized carbons (Fsp3) is 0.429. The van der Waals surface area contributed by atoms with Gasteiger partial charge in [-0.2, -0.15) is 0 Å². The minimum Gasteiger partial charge on any atom is -0.372 e. The zero-order chi connectivity index (χ0) is 10.7. The van der Waals surface area contributed by atoms with E-state index in [2.05, 4.69) is 48.9 Å². The number of rotatable bonds is 2. The van der Waals surface area contributed by atoms with Gasteiger partial charge in [-0.3, -0.25) is 0 Å². The molecule has 0 N–H and O–H groups in total. The Hall–Kier alpha value is -1.24. The second-order valence-electron chi connectivity index (χ2n) is 4.43. The smallest absolute Gasteiger partial charge is 0.0366 e. The van der Waals surface area contributed by atoms with E-state index in [9.17, 15) is 0 Å². The third kappa shape index (κ3) is 2.41. The maximum absolute atomic E-state index is 4.06. The van der Waals surface area contributed by atoms with E-state index in [0.29, 0.717) is 6.04 Å². The summed E-state index contributed by atoms with van der Waals surface area (Å²) in [6, 6.07) is 11.3. The molecule has 0 aromatic heterocycles. The van der Waals surface area contributed by atoms with E-state index in [1.807, 2.05) is 0 Å². The minimum absolute atomic E-state index is 0.692. The van der Waals surface area contributed by atoms with Gasteiger partial charge in [0.1, 0.15) is 0 Å². The van der Waals surface area contributed by atoms with Gasteiger partial charge in [0, 0.05) is 18.8 Å². The highest BCUT2D eigenvalue weighted by Crippen LogP contribution is 2.27. The standard InChI is InChI=1S/C14H19N/c1-12-8-10-14(11-9-12)15(2)13-6-4-3-5-7-13/h3-7,14H,1,8-11H2,2H3. The molecule has 2 rings (SSSR count). The highest BCUT2D eigenvalue weighted by Gasteiger charge is 2.19. The number of anilines is 1. The summed E-state index contributed by atoms with van der Waals surface area (Å²) in [4.78, 5) is 2.41. The summed E-state index contributed by atoms with van der Waals surface area (Å²) in [6.45, 7) is 4.06. The van der Waals surface area contributed by atoms with Crippen molar-refractivity contribution in [1.29, 1.82) is 0 Å². The van der Waals surface area contributed by atoms with Gasteiger partial charge in [-0.25, -0.2) is 0 Å². The fourth-order valence-electron chi connectivity index (χ4n) is 2.27. The Kier molecular flexibility index (Phi) is 3.10. The van der Waals surface area contributed by atoms with Crippen molar-refractivity contribution in [2.75, 3.05) is 11.9 Å². The number of allylic oxidation sites excluding steroid dienone is 1. The zero-order valence-corrected chi connectivity index (χ0v) is 9.45. The van der Waals surface area contributed by atoms with Gasteiger partial charge in [0.2, 0.25) is 0 Å². The summed E-state index contributed by atoms with van der Waals surface area (Å²) < 4.78 is 0. The maximum atomic E-state index is 4.06. The van der Waals surface area contributed by atoms with Crippen molar-refractivity contribution >= 4 is 5.69 Å². The molecular formula is C14H19N. The van der Waals surface area contributed by atoms with Crippen LogP contribution in [0.5, 0.6) is 0 Å². The van der Waals surface area contributed by atoms with Crippen LogP contribution in [0.15, 0.2) is 42.5 Å². The lowest BCUT2D eigenvalue weighted by Gasteiger charge is -2.33. The van der Waals surface area contributed by atoms with E-state index in [4.69, 9.17) is 0 Å². The highest BCUT2D eigenvalue weighted by molar-refractivity contribution is 5.46. The third-order valence-corrected chi connectivity index (χ3v) is 3.37. The Morgan fingerprint density at radius 3 is 2.33 bits per heavy atom. The Balaban J connectivity index is 2.02. The van der Waals surface area contributed by atoms with Gasteiger partial charge in [-0.05, 0) is 37.8 Å². The van der Waals surface area contributed by atoms with Crippen molar-refractivity contribution in [3.05, 3.63) is 42.5 Å². The topological polar surface area (TPSA) is 3.24 Å². The maximum Gasteiger partial charge on any atom is 0.0366 e. The van der Waals surface area contributed by atoms with Gasteiger partial charge in [0.05, 0.1) is 0 Å². The van der Waals surface area contributed by atoms with Gasteiger partial charge in [0.25, 0.3) is 0 Å². The summed E-state index contributed by atoms with van der Waals surface area (Å²) in [7, 11) is 2.20. The number of hydrogen-bond acceptors (Lipinski definition) is 1. The molecule has 0 bridgehead atoms. The van der Waals surface area contributed by atoms with E-state index in [-0.39, 0.29) is 0 Å². The van der Waals surface area contributed by atoms with Crippen LogP contribution in [0.2, 0.25) is 0 Å². The SMILES string of the molecule is C=C1CCC(N(C)c2ccccc2)CC1. The largest absolute Gasteiger partial charge is 0.372 e. The molecule has 0 aliphatic heterocycles. The van der Waals surface area contributed by atoms with Gasteiger partial charge < -0.3 is 4.90 Å². The van der Waals surface area contributed by atoms with E-state index < -0.39 is 0 Å². The molecule has 1 aliphatic carbocycles. The Labute approximate surface area is 92.4 Å². The quantitative estimate of drug-likeness (QED) is 0.660. The van der Waals surface area contributed by atoms with Gasteiger partial charge >= 0.3 is 0 Å². The fourth-order valence-corrected chi connectivity index (χ4v) is 2.27. The summed E-state index contributed by atoms with van der Waals surface area (Å²) >= 11 is 0. The molecular weight excluding hydrogens is 182 g/mol. The van der Waals surface area contributed by atoms with Crippen LogP contribution in [0.4, 0.5) is 5.69 Å². The average Bonchev–Trinajstić information content (AvgIpc) is 2.30. The van der Waals surface area contributed by atoms with Crippen LogP contribution in [0.3, 0.4) is 0 Å². The van der Waals surface area contributed by atoms with Crippen LogP contribution >= 0.6 is 0 Å². The Morgan fingerprint density at radius 1 is 1.13 bits per heavy atom. The molecule has 0 amide bonds.